The molecule has 31 heavy (non-hydrogen) atoms. The molecule has 1 amide bonds. The van der Waals surface area contributed by atoms with E-state index in [0.29, 0.717) is 36.1 Å². The number of unbranched alkanes of at least 4 members (excludes halogenated alkanes) is 2. The molecule has 1 aromatic heterocycles. The van der Waals surface area contributed by atoms with Gasteiger partial charge in [0.05, 0.1) is 7.11 Å². The number of nitrogens with zero attached hydrogens (tertiary/aromatic N) is 2. The molecule has 1 aliphatic heterocycles. The lowest BCUT2D eigenvalue weighted by atomic mass is 10.1. The van der Waals surface area contributed by atoms with Gasteiger partial charge in [-0.3, -0.25) is 4.79 Å². The Morgan fingerprint density at radius 2 is 2.03 bits per heavy atom. The van der Waals surface area contributed by atoms with Crippen molar-refractivity contribution in [1.29, 1.82) is 0 Å². The standard InChI is InChI=1S/C23H24ClN3O4/c1-29-18-9-6-15(7-10-18)22-26-21(31-27-22)5-3-2-4-12-25-23(28)20-14-16-13-17(24)8-11-19(16)30-20/h6-11,13,20H,2-5,12,14H2,1H3,(H,25,28). The van der Waals surface area contributed by atoms with Crippen LogP contribution in [-0.4, -0.2) is 35.8 Å². The highest BCUT2D eigenvalue weighted by Crippen LogP contribution is 2.31. The van der Waals surface area contributed by atoms with E-state index in [-0.39, 0.29) is 5.91 Å². The van der Waals surface area contributed by atoms with Crippen LogP contribution in [0.3, 0.4) is 0 Å². The summed E-state index contributed by atoms with van der Waals surface area (Å²) in [5.74, 6) is 2.62. The maximum absolute atomic E-state index is 12.3. The Kier molecular flexibility index (Phi) is 6.72. The summed E-state index contributed by atoms with van der Waals surface area (Å²) in [6, 6.07) is 13.0. The van der Waals surface area contributed by atoms with E-state index in [9.17, 15) is 4.79 Å². The summed E-state index contributed by atoms with van der Waals surface area (Å²) >= 11 is 5.99. The lowest BCUT2D eigenvalue weighted by molar-refractivity contribution is -0.127. The van der Waals surface area contributed by atoms with Gasteiger partial charge < -0.3 is 19.3 Å². The van der Waals surface area contributed by atoms with Crippen LogP contribution in [0.4, 0.5) is 0 Å². The van der Waals surface area contributed by atoms with Gasteiger partial charge in [0.1, 0.15) is 11.5 Å². The molecule has 8 heteroatoms. The highest BCUT2D eigenvalue weighted by molar-refractivity contribution is 6.30. The molecule has 162 valence electrons. The summed E-state index contributed by atoms with van der Waals surface area (Å²) in [4.78, 5) is 16.8. The number of ether oxygens (including phenoxy) is 2. The molecule has 2 heterocycles. The van der Waals surface area contributed by atoms with Crippen molar-refractivity contribution in [2.45, 2.75) is 38.2 Å². The minimum Gasteiger partial charge on any atom is -0.497 e. The minimum absolute atomic E-state index is 0.0895. The number of benzene rings is 2. The summed E-state index contributed by atoms with van der Waals surface area (Å²) in [6.45, 7) is 0.608. The van der Waals surface area contributed by atoms with E-state index in [4.69, 9.17) is 25.6 Å². The lowest BCUT2D eigenvalue weighted by Gasteiger charge is -2.11. The van der Waals surface area contributed by atoms with Crippen molar-refractivity contribution in [3.63, 3.8) is 0 Å². The summed E-state index contributed by atoms with van der Waals surface area (Å²) < 4.78 is 16.2. The Balaban J connectivity index is 1.14. The van der Waals surface area contributed by atoms with Gasteiger partial charge in [-0.2, -0.15) is 4.98 Å². The molecule has 0 saturated heterocycles. The minimum atomic E-state index is -0.483. The predicted molar refractivity (Wildman–Crippen MR) is 116 cm³/mol. The van der Waals surface area contributed by atoms with Crippen LogP contribution < -0.4 is 14.8 Å². The number of amides is 1. The molecule has 3 aromatic rings. The number of hydrogen-bond acceptors (Lipinski definition) is 6. The molecule has 0 radical (unpaired) electrons. The van der Waals surface area contributed by atoms with Crippen molar-refractivity contribution in [3.05, 3.63) is 58.9 Å². The number of fused-ring (bicyclic) bond motifs is 1. The smallest absolute Gasteiger partial charge is 0.261 e. The molecule has 1 N–H and O–H groups in total. The summed E-state index contributed by atoms with van der Waals surface area (Å²) in [5.41, 5.74) is 1.86. The molecule has 1 aliphatic rings. The largest absolute Gasteiger partial charge is 0.497 e. The van der Waals surface area contributed by atoms with Crippen molar-refractivity contribution in [2.75, 3.05) is 13.7 Å². The van der Waals surface area contributed by atoms with Crippen LogP contribution in [0, 0.1) is 0 Å². The summed E-state index contributed by atoms with van der Waals surface area (Å²) in [5, 5.41) is 7.64. The number of carbonyl (C=O) groups is 1. The van der Waals surface area contributed by atoms with Crippen LogP contribution in [0.5, 0.6) is 11.5 Å². The van der Waals surface area contributed by atoms with Crippen LogP contribution >= 0.6 is 11.6 Å². The predicted octanol–water partition coefficient (Wildman–Crippen LogP) is 4.23. The molecule has 0 spiro atoms. The Labute approximate surface area is 185 Å². The Morgan fingerprint density at radius 3 is 2.84 bits per heavy atom. The van der Waals surface area contributed by atoms with Gasteiger partial charge >= 0.3 is 0 Å². The second kappa shape index (κ2) is 9.83. The van der Waals surface area contributed by atoms with Crippen molar-refractivity contribution in [2.24, 2.45) is 0 Å². The number of halogens is 1. The van der Waals surface area contributed by atoms with Gasteiger partial charge in [0.25, 0.3) is 5.91 Å². The fourth-order valence-corrected chi connectivity index (χ4v) is 3.68. The van der Waals surface area contributed by atoms with Gasteiger partial charge in [0.15, 0.2) is 6.10 Å². The first-order valence-corrected chi connectivity index (χ1v) is 10.7. The number of methoxy groups -OCH3 is 1. The van der Waals surface area contributed by atoms with Crippen molar-refractivity contribution >= 4 is 17.5 Å². The SMILES string of the molecule is COc1ccc(-c2noc(CCCCCNC(=O)C3Cc4cc(Cl)ccc4O3)n2)cc1. The maximum atomic E-state index is 12.3. The molecule has 0 saturated carbocycles. The summed E-state index contributed by atoms with van der Waals surface area (Å²) in [7, 11) is 1.63. The second-order valence-electron chi connectivity index (χ2n) is 7.40. The third kappa shape index (κ3) is 5.35. The summed E-state index contributed by atoms with van der Waals surface area (Å²) in [6.07, 6.45) is 3.50. The molecule has 4 rings (SSSR count). The molecule has 2 aromatic carbocycles. The third-order valence-electron chi connectivity index (χ3n) is 5.17. The van der Waals surface area contributed by atoms with E-state index in [0.717, 1.165) is 41.9 Å². The van der Waals surface area contributed by atoms with Gasteiger partial charge in [-0.1, -0.05) is 23.2 Å². The molecular weight excluding hydrogens is 418 g/mol. The fraction of sp³-hybridized carbons (Fsp3) is 0.348. The van der Waals surface area contributed by atoms with Crippen LogP contribution in [0.2, 0.25) is 5.02 Å². The van der Waals surface area contributed by atoms with Gasteiger partial charge in [0, 0.05) is 30.0 Å². The zero-order valence-electron chi connectivity index (χ0n) is 17.3. The number of rotatable bonds is 9. The molecule has 0 bridgehead atoms. The van der Waals surface area contributed by atoms with E-state index in [2.05, 4.69) is 15.5 Å². The average Bonchev–Trinajstić information content (AvgIpc) is 3.43. The zero-order chi connectivity index (χ0) is 21.6. The first-order valence-electron chi connectivity index (χ1n) is 10.3. The van der Waals surface area contributed by atoms with E-state index in [1.54, 1.807) is 13.2 Å². The normalized spacial score (nSPS) is 14.7. The van der Waals surface area contributed by atoms with Crippen molar-refractivity contribution in [1.82, 2.24) is 15.5 Å². The highest BCUT2D eigenvalue weighted by Gasteiger charge is 2.28. The van der Waals surface area contributed by atoms with E-state index < -0.39 is 6.10 Å². The Hall–Kier alpha value is -3.06. The van der Waals surface area contributed by atoms with Gasteiger partial charge in [0.2, 0.25) is 11.7 Å². The highest BCUT2D eigenvalue weighted by atomic mass is 35.5. The monoisotopic (exact) mass is 441 g/mol. The maximum Gasteiger partial charge on any atom is 0.261 e. The average molecular weight is 442 g/mol. The second-order valence-corrected chi connectivity index (χ2v) is 7.84. The van der Waals surface area contributed by atoms with E-state index in [1.165, 1.54) is 0 Å². The molecule has 1 atom stereocenters. The zero-order valence-corrected chi connectivity index (χ0v) is 18.0. The van der Waals surface area contributed by atoms with Crippen molar-refractivity contribution in [3.8, 4) is 22.9 Å². The molecule has 7 nitrogen and oxygen atoms in total. The van der Waals surface area contributed by atoms with Gasteiger partial charge in [-0.15, -0.1) is 0 Å². The van der Waals surface area contributed by atoms with E-state index in [1.807, 2.05) is 36.4 Å². The number of hydrogen-bond donors (Lipinski definition) is 1. The van der Waals surface area contributed by atoms with Crippen LogP contribution in [0.15, 0.2) is 47.0 Å². The van der Waals surface area contributed by atoms with Crippen molar-refractivity contribution < 1.29 is 18.8 Å². The quantitative estimate of drug-likeness (QED) is 0.500. The van der Waals surface area contributed by atoms with Crippen LogP contribution in [0.1, 0.15) is 30.7 Å². The number of aryl methyl sites for hydroxylation is 1. The first-order chi connectivity index (χ1) is 15.1. The number of nitrogens with one attached hydrogen (secondary N) is 1. The molecule has 1 unspecified atom stereocenters. The number of carbonyl (C=O) groups excluding carboxylic acids is 1. The topological polar surface area (TPSA) is 86.5 Å². The van der Waals surface area contributed by atoms with Crippen LogP contribution in [-0.2, 0) is 17.6 Å². The molecule has 0 aliphatic carbocycles. The number of aromatic nitrogens is 2. The Morgan fingerprint density at radius 1 is 1.19 bits per heavy atom. The fourth-order valence-electron chi connectivity index (χ4n) is 3.48. The van der Waals surface area contributed by atoms with Gasteiger partial charge in [-0.05, 0) is 60.9 Å². The molecular formula is C23H24ClN3O4. The first kappa shape index (κ1) is 21.2. The Bertz CT molecular complexity index is 1040. The van der Waals surface area contributed by atoms with Gasteiger partial charge in [-0.25, -0.2) is 0 Å². The van der Waals surface area contributed by atoms with Crippen LogP contribution in [0.25, 0.3) is 11.4 Å². The third-order valence-corrected chi connectivity index (χ3v) is 5.41. The lowest BCUT2D eigenvalue weighted by Crippen LogP contribution is -2.37. The van der Waals surface area contributed by atoms with E-state index >= 15 is 0 Å². The molecule has 0 fully saturated rings.